The molecule has 0 saturated carbocycles. The number of amidine groups is 1. The highest BCUT2D eigenvalue weighted by Gasteiger charge is 2.33. The smallest absolute Gasteiger partial charge is 0.387 e. The van der Waals surface area contributed by atoms with Gasteiger partial charge in [0.1, 0.15) is 0 Å². The summed E-state index contributed by atoms with van der Waals surface area (Å²) in [5.41, 5.74) is 4.51. The SMILES string of the molecule is N=C(N)Cc1ccc(Cl)c(C(F)(F)F)c1. The molecule has 0 bridgehead atoms. The van der Waals surface area contributed by atoms with Gasteiger partial charge in [-0.1, -0.05) is 17.7 Å². The summed E-state index contributed by atoms with van der Waals surface area (Å²) in [4.78, 5) is 0. The molecule has 0 aliphatic rings. The van der Waals surface area contributed by atoms with Gasteiger partial charge in [0.05, 0.1) is 16.4 Å². The maximum atomic E-state index is 12.4. The normalized spacial score (nSPS) is 11.5. The fourth-order valence-corrected chi connectivity index (χ4v) is 1.34. The Kier molecular flexibility index (Phi) is 3.24. The van der Waals surface area contributed by atoms with Gasteiger partial charge in [0.25, 0.3) is 0 Å². The van der Waals surface area contributed by atoms with E-state index < -0.39 is 11.7 Å². The van der Waals surface area contributed by atoms with Gasteiger partial charge in [-0.25, -0.2) is 0 Å². The van der Waals surface area contributed by atoms with Crippen LogP contribution in [0.4, 0.5) is 13.2 Å². The van der Waals surface area contributed by atoms with Gasteiger partial charge >= 0.3 is 6.18 Å². The molecule has 0 amide bonds. The second kappa shape index (κ2) is 4.10. The molecule has 0 heterocycles. The average Bonchev–Trinajstić information content (AvgIpc) is 2.05. The Morgan fingerprint density at radius 3 is 2.47 bits per heavy atom. The first kappa shape index (κ1) is 11.8. The molecular weight excluding hydrogens is 229 g/mol. The van der Waals surface area contributed by atoms with Crippen LogP contribution in [0.3, 0.4) is 0 Å². The van der Waals surface area contributed by atoms with E-state index >= 15 is 0 Å². The molecule has 2 nitrogen and oxygen atoms in total. The monoisotopic (exact) mass is 236 g/mol. The van der Waals surface area contributed by atoms with E-state index in [-0.39, 0.29) is 17.3 Å². The molecule has 15 heavy (non-hydrogen) atoms. The number of rotatable bonds is 2. The molecule has 1 rings (SSSR count). The number of nitrogens with two attached hydrogens (primary N) is 1. The molecule has 0 aliphatic heterocycles. The Labute approximate surface area is 89.4 Å². The summed E-state index contributed by atoms with van der Waals surface area (Å²) in [7, 11) is 0. The van der Waals surface area contributed by atoms with Crippen molar-refractivity contribution < 1.29 is 13.2 Å². The number of hydrogen-bond donors (Lipinski definition) is 2. The molecule has 0 atom stereocenters. The van der Waals surface area contributed by atoms with Gasteiger partial charge in [-0.05, 0) is 17.7 Å². The minimum absolute atomic E-state index is 0.0136. The van der Waals surface area contributed by atoms with Crippen LogP contribution in [0, 0.1) is 5.41 Å². The molecule has 0 fully saturated rings. The van der Waals surface area contributed by atoms with E-state index in [0.717, 1.165) is 12.1 Å². The number of halogens is 4. The first-order valence-electron chi connectivity index (χ1n) is 3.99. The predicted molar refractivity (Wildman–Crippen MR) is 52.1 cm³/mol. The quantitative estimate of drug-likeness (QED) is 0.602. The molecule has 82 valence electrons. The van der Waals surface area contributed by atoms with Crippen molar-refractivity contribution in [1.82, 2.24) is 0 Å². The lowest BCUT2D eigenvalue weighted by atomic mass is 10.1. The van der Waals surface area contributed by atoms with Gasteiger partial charge in [-0.2, -0.15) is 13.2 Å². The zero-order valence-corrected chi connectivity index (χ0v) is 8.28. The summed E-state index contributed by atoms with van der Waals surface area (Å²) in [6.07, 6.45) is -4.50. The Morgan fingerprint density at radius 2 is 2.00 bits per heavy atom. The number of alkyl halides is 3. The molecule has 1 aromatic carbocycles. The van der Waals surface area contributed by atoms with Crippen LogP contribution in [-0.2, 0) is 12.6 Å². The predicted octanol–water partition coefficient (Wildman–Crippen LogP) is 2.84. The Bertz CT molecular complexity index is 387. The Morgan fingerprint density at radius 1 is 1.40 bits per heavy atom. The fraction of sp³-hybridized carbons (Fsp3) is 0.222. The van der Waals surface area contributed by atoms with Crippen molar-refractivity contribution in [3.05, 3.63) is 34.3 Å². The summed E-state index contributed by atoms with van der Waals surface area (Å²) < 4.78 is 37.2. The van der Waals surface area contributed by atoms with E-state index in [1.54, 1.807) is 0 Å². The highest BCUT2D eigenvalue weighted by atomic mass is 35.5. The summed E-state index contributed by atoms with van der Waals surface area (Å²) in [5.74, 6) is -0.189. The van der Waals surface area contributed by atoms with Gasteiger partial charge in [0.15, 0.2) is 0 Å². The van der Waals surface area contributed by atoms with E-state index in [1.165, 1.54) is 6.07 Å². The summed E-state index contributed by atoms with van der Waals surface area (Å²) in [5, 5.41) is 6.62. The third kappa shape index (κ3) is 3.13. The lowest BCUT2D eigenvalue weighted by Gasteiger charge is -2.10. The average molecular weight is 237 g/mol. The maximum Gasteiger partial charge on any atom is 0.417 e. The second-order valence-corrected chi connectivity index (χ2v) is 3.42. The van der Waals surface area contributed by atoms with Crippen molar-refractivity contribution in [3.63, 3.8) is 0 Å². The Hall–Kier alpha value is -1.23. The third-order valence-corrected chi connectivity index (χ3v) is 2.06. The van der Waals surface area contributed by atoms with Crippen LogP contribution in [0.15, 0.2) is 18.2 Å². The molecular formula is C9H8ClF3N2. The molecule has 6 heteroatoms. The van der Waals surface area contributed by atoms with E-state index in [4.69, 9.17) is 22.7 Å². The van der Waals surface area contributed by atoms with Crippen molar-refractivity contribution >= 4 is 17.4 Å². The number of benzene rings is 1. The van der Waals surface area contributed by atoms with E-state index in [9.17, 15) is 13.2 Å². The third-order valence-electron chi connectivity index (χ3n) is 1.73. The summed E-state index contributed by atoms with van der Waals surface area (Å²) in [6, 6.07) is 3.48. The van der Waals surface area contributed by atoms with E-state index in [0.29, 0.717) is 5.56 Å². The van der Waals surface area contributed by atoms with Crippen LogP contribution in [0.1, 0.15) is 11.1 Å². The van der Waals surface area contributed by atoms with E-state index in [1.807, 2.05) is 0 Å². The number of hydrogen-bond acceptors (Lipinski definition) is 1. The van der Waals surface area contributed by atoms with Crippen LogP contribution in [0.2, 0.25) is 5.02 Å². The lowest BCUT2D eigenvalue weighted by Crippen LogP contribution is -2.14. The highest BCUT2D eigenvalue weighted by Crippen LogP contribution is 2.35. The van der Waals surface area contributed by atoms with Crippen LogP contribution in [-0.4, -0.2) is 5.84 Å². The van der Waals surface area contributed by atoms with Crippen molar-refractivity contribution in [1.29, 1.82) is 5.41 Å². The fourth-order valence-electron chi connectivity index (χ4n) is 1.12. The molecule has 0 aromatic heterocycles. The van der Waals surface area contributed by atoms with Crippen LogP contribution in [0.5, 0.6) is 0 Å². The van der Waals surface area contributed by atoms with Gasteiger partial charge in [0, 0.05) is 6.42 Å². The highest BCUT2D eigenvalue weighted by molar-refractivity contribution is 6.31. The second-order valence-electron chi connectivity index (χ2n) is 3.01. The summed E-state index contributed by atoms with van der Waals surface area (Å²) >= 11 is 5.41. The topological polar surface area (TPSA) is 49.9 Å². The first-order chi connectivity index (χ1) is 6.80. The molecule has 3 N–H and O–H groups in total. The van der Waals surface area contributed by atoms with Gasteiger partial charge < -0.3 is 5.73 Å². The zero-order chi connectivity index (χ0) is 11.6. The van der Waals surface area contributed by atoms with Gasteiger partial charge in [0.2, 0.25) is 0 Å². The number of nitrogens with one attached hydrogen (secondary N) is 1. The zero-order valence-electron chi connectivity index (χ0n) is 7.53. The van der Waals surface area contributed by atoms with E-state index in [2.05, 4.69) is 0 Å². The van der Waals surface area contributed by atoms with Crippen molar-refractivity contribution in [2.45, 2.75) is 12.6 Å². The summed E-state index contributed by atoms with van der Waals surface area (Å²) in [6.45, 7) is 0. The largest absolute Gasteiger partial charge is 0.417 e. The Balaban J connectivity index is 3.11. The molecule has 1 aromatic rings. The van der Waals surface area contributed by atoms with Gasteiger partial charge in [-0.3, -0.25) is 5.41 Å². The van der Waals surface area contributed by atoms with Crippen LogP contribution in [0.25, 0.3) is 0 Å². The van der Waals surface area contributed by atoms with Crippen molar-refractivity contribution in [2.24, 2.45) is 5.73 Å². The van der Waals surface area contributed by atoms with Crippen LogP contribution >= 0.6 is 11.6 Å². The molecule has 0 radical (unpaired) electrons. The van der Waals surface area contributed by atoms with Crippen LogP contribution < -0.4 is 5.73 Å². The van der Waals surface area contributed by atoms with Gasteiger partial charge in [-0.15, -0.1) is 0 Å². The standard InChI is InChI=1S/C9H8ClF3N2/c10-7-2-1-5(4-8(14)15)3-6(7)9(11,12)13/h1-3H,4H2,(H3,14,15). The molecule has 0 aliphatic carbocycles. The molecule has 0 spiro atoms. The minimum atomic E-state index is -4.48. The first-order valence-corrected chi connectivity index (χ1v) is 4.37. The minimum Gasteiger partial charge on any atom is -0.387 e. The lowest BCUT2D eigenvalue weighted by molar-refractivity contribution is -0.137. The molecule has 0 saturated heterocycles. The van der Waals surface area contributed by atoms with Crippen molar-refractivity contribution in [3.8, 4) is 0 Å². The maximum absolute atomic E-state index is 12.4. The van der Waals surface area contributed by atoms with Crippen molar-refractivity contribution in [2.75, 3.05) is 0 Å². The molecule has 0 unspecified atom stereocenters.